The summed E-state index contributed by atoms with van der Waals surface area (Å²) < 4.78 is 8.32. The molecule has 0 fully saturated rings. The summed E-state index contributed by atoms with van der Waals surface area (Å²) in [6.07, 6.45) is 8.33. The molecule has 150 valence electrons. The Labute approximate surface area is 173 Å². The summed E-state index contributed by atoms with van der Waals surface area (Å²) >= 11 is 0. The minimum absolute atomic E-state index is 0.548. The van der Waals surface area contributed by atoms with E-state index in [1.807, 2.05) is 49.4 Å². The summed E-state index contributed by atoms with van der Waals surface area (Å²) in [5.74, 6) is 0.850. The van der Waals surface area contributed by atoms with E-state index < -0.39 is 0 Å². The maximum absolute atomic E-state index is 6.32. The van der Waals surface area contributed by atoms with Crippen LogP contribution in [-0.4, -0.2) is 4.57 Å². The van der Waals surface area contributed by atoms with Gasteiger partial charge >= 0.3 is 0 Å². The Morgan fingerprint density at radius 2 is 1.93 bits per heavy atom. The predicted molar refractivity (Wildman–Crippen MR) is 123 cm³/mol. The molecule has 3 nitrogen and oxygen atoms in total. The summed E-state index contributed by atoms with van der Waals surface area (Å²) in [5, 5.41) is 2.18. The molecule has 0 aliphatic rings. The first-order valence-corrected chi connectivity index (χ1v) is 10.2. The molecule has 0 spiro atoms. The van der Waals surface area contributed by atoms with E-state index in [2.05, 4.69) is 48.5 Å². The van der Waals surface area contributed by atoms with E-state index in [1.54, 1.807) is 0 Å². The average molecular weight is 387 g/mol. The van der Waals surface area contributed by atoms with Crippen molar-refractivity contribution >= 4 is 11.8 Å². The molecule has 3 aromatic rings. The molecular formula is C26H30N2O. The number of benzene rings is 2. The lowest BCUT2D eigenvalue weighted by Crippen LogP contribution is -2.33. The molecule has 2 aromatic carbocycles. The van der Waals surface area contributed by atoms with Gasteiger partial charge in [0.25, 0.3) is 0 Å². The number of nitrogens with two attached hydrogens (primary N) is 1. The van der Waals surface area contributed by atoms with E-state index in [0.29, 0.717) is 6.61 Å². The molecule has 0 aliphatic heterocycles. The third-order valence-electron chi connectivity index (χ3n) is 4.94. The van der Waals surface area contributed by atoms with Gasteiger partial charge in [-0.25, -0.2) is 0 Å². The van der Waals surface area contributed by atoms with Crippen LogP contribution in [-0.2, 0) is 13.2 Å². The van der Waals surface area contributed by atoms with Gasteiger partial charge in [0.2, 0.25) is 0 Å². The topological polar surface area (TPSA) is 40.2 Å². The van der Waals surface area contributed by atoms with Crippen LogP contribution in [0.25, 0.3) is 22.9 Å². The SMILES string of the molecule is C=C/C=c1\c(=C(/C)N)c(-c2cccc(OCc3ccccc3)c2)cn1CCCC. The van der Waals surface area contributed by atoms with Crippen molar-refractivity contribution in [1.29, 1.82) is 0 Å². The van der Waals surface area contributed by atoms with E-state index in [-0.39, 0.29) is 0 Å². The Morgan fingerprint density at radius 1 is 1.14 bits per heavy atom. The van der Waals surface area contributed by atoms with Crippen LogP contribution in [0.15, 0.2) is 73.4 Å². The Hall–Kier alpha value is -3.20. The third-order valence-corrected chi connectivity index (χ3v) is 4.94. The molecule has 3 rings (SSSR count). The van der Waals surface area contributed by atoms with Crippen LogP contribution >= 0.6 is 0 Å². The second-order valence-corrected chi connectivity index (χ2v) is 7.24. The molecule has 1 aromatic heterocycles. The number of rotatable bonds is 8. The Bertz CT molecular complexity index is 1070. The number of allylic oxidation sites excluding steroid dienone is 1. The van der Waals surface area contributed by atoms with Gasteiger partial charge in [0, 0.05) is 29.2 Å². The van der Waals surface area contributed by atoms with Gasteiger partial charge < -0.3 is 15.0 Å². The van der Waals surface area contributed by atoms with Gasteiger partial charge in [-0.15, -0.1) is 0 Å². The van der Waals surface area contributed by atoms with Crippen molar-refractivity contribution in [2.45, 2.75) is 39.8 Å². The van der Waals surface area contributed by atoms with Crippen LogP contribution in [0.3, 0.4) is 0 Å². The molecule has 0 aliphatic carbocycles. The highest BCUT2D eigenvalue weighted by Gasteiger charge is 2.10. The zero-order chi connectivity index (χ0) is 20.6. The fourth-order valence-electron chi connectivity index (χ4n) is 3.50. The lowest BCUT2D eigenvalue weighted by atomic mass is 10.1. The normalized spacial score (nSPS) is 12.7. The summed E-state index contributed by atoms with van der Waals surface area (Å²) in [5.41, 5.74) is 10.5. The molecule has 0 saturated heterocycles. The van der Waals surface area contributed by atoms with Gasteiger partial charge in [-0.1, -0.05) is 68.5 Å². The number of hydrogen-bond donors (Lipinski definition) is 1. The molecule has 1 heterocycles. The Kier molecular flexibility index (Phi) is 6.96. The van der Waals surface area contributed by atoms with Crippen molar-refractivity contribution in [1.82, 2.24) is 4.57 Å². The van der Waals surface area contributed by atoms with Crippen LogP contribution in [0.4, 0.5) is 0 Å². The van der Waals surface area contributed by atoms with E-state index in [4.69, 9.17) is 10.5 Å². The first kappa shape index (κ1) is 20.5. The molecule has 29 heavy (non-hydrogen) atoms. The van der Waals surface area contributed by atoms with E-state index in [1.165, 1.54) is 0 Å². The number of aryl methyl sites for hydroxylation is 1. The molecular weight excluding hydrogens is 356 g/mol. The summed E-state index contributed by atoms with van der Waals surface area (Å²) in [6.45, 7) is 9.56. The molecule has 0 saturated carbocycles. The number of nitrogens with zero attached hydrogens (tertiary/aromatic N) is 1. The predicted octanol–water partition coefficient (Wildman–Crippen LogP) is 4.59. The van der Waals surface area contributed by atoms with Gasteiger partial charge in [0.15, 0.2) is 0 Å². The minimum atomic E-state index is 0.548. The van der Waals surface area contributed by atoms with Gasteiger partial charge in [-0.2, -0.15) is 0 Å². The molecule has 3 heteroatoms. The molecule has 0 unspecified atom stereocenters. The minimum Gasteiger partial charge on any atom is -0.489 e. The molecule has 2 N–H and O–H groups in total. The van der Waals surface area contributed by atoms with Crippen molar-refractivity contribution < 1.29 is 4.74 Å². The van der Waals surface area contributed by atoms with Crippen molar-refractivity contribution in [3.8, 4) is 16.9 Å². The average Bonchev–Trinajstić information content (AvgIpc) is 3.10. The Balaban J connectivity index is 2.01. The van der Waals surface area contributed by atoms with Crippen molar-refractivity contribution in [3.63, 3.8) is 0 Å². The highest BCUT2D eigenvalue weighted by atomic mass is 16.5. The zero-order valence-electron chi connectivity index (χ0n) is 17.4. The zero-order valence-corrected chi connectivity index (χ0v) is 17.4. The first-order chi connectivity index (χ1) is 14.1. The number of hydrogen-bond acceptors (Lipinski definition) is 2. The van der Waals surface area contributed by atoms with Gasteiger partial charge in [-0.05, 0) is 42.7 Å². The second-order valence-electron chi connectivity index (χ2n) is 7.24. The number of unbranched alkanes of at least 4 members (excludes halogenated alkanes) is 1. The highest BCUT2D eigenvalue weighted by molar-refractivity contribution is 5.69. The van der Waals surface area contributed by atoms with E-state index >= 15 is 0 Å². The fourth-order valence-corrected chi connectivity index (χ4v) is 3.50. The largest absolute Gasteiger partial charge is 0.489 e. The van der Waals surface area contributed by atoms with Crippen molar-refractivity contribution in [2.24, 2.45) is 5.73 Å². The van der Waals surface area contributed by atoms with Crippen LogP contribution in [0.1, 0.15) is 32.3 Å². The lowest BCUT2D eigenvalue weighted by Gasteiger charge is -2.08. The maximum atomic E-state index is 6.32. The van der Waals surface area contributed by atoms with Crippen molar-refractivity contribution in [2.75, 3.05) is 0 Å². The fraction of sp³-hybridized carbons (Fsp3) is 0.231. The third kappa shape index (κ3) is 5.00. The number of aromatic nitrogens is 1. The van der Waals surface area contributed by atoms with Gasteiger partial charge in [0.05, 0.1) is 5.35 Å². The van der Waals surface area contributed by atoms with E-state index in [0.717, 1.165) is 58.1 Å². The lowest BCUT2D eigenvalue weighted by molar-refractivity contribution is 0.306. The maximum Gasteiger partial charge on any atom is 0.120 e. The molecule has 0 radical (unpaired) electrons. The van der Waals surface area contributed by atoms with Crippen LogP contribution in [0.2, 0.25) is 0 Å². The van der Waals surface area contributed by atoms with E-state index in [9.17, 15) is 0 Å². The number of ether oxygens (including phenoxy) is 1. The van der Waals surface area contributed by atoms with Gasteiger partial charge in [-0.3, -0.25) is 0 Å². The molecule has 0 atom stereocenters. The molecule has 0 amide bonds. The quantitative estimate of drug-likeness (QED) is 0.615. The van der Waals surface area contributed by atoms with Crippen molar-refractivity contribution in [3.05, 3.63) is 89.6 Å². The Morgan fingerprint density at radius 3 is 2.62 bits per heavy atom. The van der Waals surface area contributed by atoms with Gasteiger partial charge in [0.1, 0.15) is 12.4 Å². The summed E-state index contributed by atoms with van der Waals surface area (Å²) in [6, 6.07) is 18.4. The summed E-state index contributed by atoms with van der Waals surface area (Å²) in [4.78, 5) is 0. The van der Waals surface area contributed by atoms with Crippen LogP contribution in [0, 0.1) is 0 Å². The molecule has 0 bridgehead atoms. The standard InChI is InChI=1S/C26H30N2O/c1-4-6-16-28-18-24(26(20(3)27)25(28)11-5-2)22-14-10-15-23(17-22)29-19-21-12-8-7-9-13-21/h5,7-15,17-18H,2,4,6,16,19,27H2,1,3H3/b25-11+,26-20+. The monoisotopic (exact) mass is 386 g/mol. The smallest absolute Gasteiger partial charge is 0.120 e. The first-order valence-electron chi connectivity index (χ1n) is 10.2. The van der Waals surface area contributed by atoms with Crippen LogP contribution in [0.5, 0.6) is 5.75 Å². The highest BCUT2D eigenvalue weighted by Crippen LogP contribution is 2.22. The summed E-state index contributed by atoms with van der Waals surface area (Å²) in [7, 11) is 0. The second kappa shape index (κ2) is 9.83. The van der Waals surface area contributed by atoms with Crippen LogP contribution < -0.4 is 21.0 Å².